The number of carbonyl (C=O) groups excluding carboxylic acids is 4. The zero-order chi connectivity index (χ0) is 54.3. The number of hydrogen-bond acceptors (Lipinski definition) is 14. The molecule has 0 unspecified atom stereocenters. The van der Waals surface area contributed by atoms with Crippen molar-refractivity contribution in [3.05, 3.63) is 45.5 Å². The van der Waals surface area contributed by atoms with Crippen LogP contribution < -0.4 is 16.1 Å². The Morgan fingerprint density at radius 1 is 0.937 bits per heavy atom. The minimum atomic E-state index is -0.923. The van der Waals surface area contributed by atoms with Crippen LogP contribution in [-0.2, 0) is 48.0 Å². The van der Waals surface area contributed by atoms with Gasteiger partial charge in [0.2, 0.25) is 11.8 Å². The van der Waals surface area contributed by atoms with E-state index in [0.717, 1.165) is 143 Å². The number of cyclic esters (lactones) is 1. The molecule has 0 radical (unpaired) electrons. The molecule has 9 heterocycles. The molecule has 426 valence electrons. The number of ether oxygens (including phenoxy) is 2. The first-order valence-electron chi connectivity index (χ1n) is 30.5. The molecule has 3 aliphatic carbocycles. The molecule has 18 heteroatoms. The minimum Gasteiger partial charge on any atom is -0.464 e. The highest BCUT2D eigenvalue weighted by Gasteiger charge is 2.55. The summed E-state index contributed by atoms with van der Waals surface area (Å²) in [5.41, 5.74) is 10.3. The van der Waals surface area contributed by atoms with Crippen molar-refractivity contribution in [1.82, 2.24) is 50.2 Å². The first kappa shape index (κ1) is 53.7. The molecule has 3 amide bonds. The zero-order valence-electron chi connectivity index (χ0n) is 47.5. The molecule has 8 fully saturated rings. The van der Waals surface area contributed by atoms with E-state index < -0.39 is 17.5 Å². The van der Waals surface area contributed by atoms with E-state index >= 15 is 9.59 Å². The third kappa shape index (κ3) is 10.8. The lowest BCUT2D eigenvalue weighted by atomic mass is 9.83. The number of likely N-dealkylation sites (tertiary alicyclic amines) is 2. The summed E-state index contributed by atoms with van der Waals surface area (Å²) in [4.78, 5) is 78.6. The standard InChI is InChI=1S/C61H85N11O6S/c1-6-71-49-18-15-40-28-43(49)45(55(71)44-29-42(32-62-51(44)37(2)77-5)68-26-24-67(25-27-68)41-16-17-41)31-60(3,4)36-78-59(76)46-12-9-21-72(66-46)57(74)47(30-50-63-48(40)33-79-50)64-56(73)54(39-10-7-8-11-39)69-22-19-61(34-69)20-23-70(35-61)58(75)53-52(65-53)38-13-14-38/h15,18,28,32-33,37-39,41-42,46-47,52-54,65-66H,6-14,16-17,19-27,29-31,34-36H2,1-5H3,(H,64,73)/t37-,42+,46-,47-,52+,53+,54-,61-/m0/s1. The Bertz CT molecular complexity index is 2890. The van der Waals surface area contributed by atoms with Crippen molar-refractivity contribution < 1.29 is 28.7 Å². The Morgan fingerprint density at radius 2 is 1.72 bits per heavy atom. The van der Waals surface area contributed by atoms with Crippen LogP contribution in [0, 0.1) is 22.7 Å². The van der Waals surface area contributed by atoms with E-state index in [2.05, 4.69) is 97.7 Å². The molecule has 3 N–H and O–H groups in total. The maximum Gasteiger partial charge on any atom is 0.324 e. The fourth-order valence-corrected chi connectivity index (χ4v) is 16.1. The SMILES string of the molecule is CCn1c(C2=C([C@H](C)OC)N=C[C@H](N3CCN(C4CC4)CC3)C2)c2c3cc(ccc31)-c1csc(n1)C[C@H](NC(=O)[C@H](C1CCCC1)N1CC[C@]3(CCN(C(=O)[C@@H]4N[C@@H]4C4CC4)C3)C1)C(=O)N1CCC[C@H](N1)C(=O)OCC(C)(C)C2. The number of hydrazine groups is 1. The third-order valence-electron chi connectivity index (χ3n) is 20.1. The molecule has 3 saturated carbocycles. The van der Waals surface area contributed by atoms with Crippen LogP contribution in [0.15, 0.2) is 34.3 Å². The molecular formula is C61H85N11O6S. The van der Waals surface area contributed by atoms with Gasteiger partial charge in [-0.3, -0.25) is 49.2 Å². The summed E-state index contributed by atoms with van der Waals surface area (Å²) in [6.07, 6.45) is 15.9. The average molecular weight is 1100 g/mol. The molecule has 8 atom stereocenters. The van der Waals surface area contributed by atoms with Crippen LogP contribution in [0.5, 0.6) is 0 Å². The van der Waals surface area contributed by atoms with E-state index in [1.54, 1.807) is 12.1 Å². The van der Waals surface area contributed by atoms with E-state index in [-0.39, 0.29) is 72.3 Å². The summed E-state index contributed by atoms with van der Waals surface area (Å²) >= 11 is 1.52. The number of nitrogens with zero attached hydrogens (tertiary/aromatic N) is 8. The van der Waals surface area contributed by atoms with E-state index in [0.29, 0.717) is 37.8 Å². The van der Waals surface area contributed by atoms with Crippen molar-refractivity contribution in [3.63, 3.8) is 0 Å². The van der Waals surface area contributed by atoms with Crippen LogP contribution in [0.1, 0.15) is 127 Å². The highest BCUT2D eigenvalue weighted by molar-refractivity contribution is 7.10. The Morgan fingerprint density at radius 3 is 2.48 bits per heavy atom. The largest absolute Gasteiger partial charge is 0.464 e. The van der Waals surface area contributed by atoms with Crippen LogP contribution in [-0.4, -0.2) is 185 Å². The summed E-state index contributed by atoms with van der Waals surface area (Å²) < 4.78 is 14.9. The number of aliphatic imine (C=N–C) groups is 1. The molecule has 2 aromatic heterocycles. The fraction of sp³-hybridized carbons (Fsp3) is 0.705. The van der Waals surface area contributed by atoms with E-state index in [1.807, 2.05) is 0 Å². The summed E-state index contributed by atoms with van der Waals surface area (Å²) in [6.45, 7) is 17.3. The predicted molar refractivity (Wildman–Crippen MR) is 306 cm³/mol. The number of thiazole rings is 1. The number of rotatable bonds is 12. The number of esters is 1. The van der Waals surface area contributed by atoms with Crippen LogP contribution in [0.25, 0.3) is 27.7 Å². The monoisotopic (exact) mass is 1100 g/mol. The second-order valence-corrected chi connectivity index (χ2v) is 27.2. The second kappa shape index (κ2) is 21.6. The minimum absolute atomic E-state index is 0.0249. The molecular weight excluding hydrogens is 1010 g/mol. The van der Waals surface area contributed by atoms with Crippen molar-refractivity contribution in [2.24, 2.45) is 27.7 Å². The van der Waals surface area contributed by atoms with Gasteiger partial charge in [-0.1, -0.05) is 32.8 Å². The van der Waals surface area contributed by atoms with Crippen molar-refractivity contribution in [2.45, 2.75) is 179 Å². The second-order valence-electron chi connectivity index (χ2n) is 26.3. The molecule has 6 bridgehead atoms. The maximum atomic E-state index is 15.2. The first-order chi connectivity index (χ1) is 38.3. The number of piperazine rings is 1. The van der Waals surface area contributed by atoms with Crippen molar-refractivity contribution in [2.75, 3.05) is 72.6 Å². The Kier molecular flexibility index (Phi) is 14.7. The predicted octanol–water partition coefficient (Wildman–Crippen LogP) is 6.04. The molecule has 13 rings (SSSR count). The number of benzene rings is 1. The summed E-state index contributed by atoms with van der Waals surface area (Å²) in [5.74, 6) is 0.320. The molecule has 79 heavy (non-hydrogen) atoms. The Hall–Kier alpha value is -4.56. The van der Waals surface area contributed by atoms with Crippen molar-refractivity contribution in [1.29, 1.82) is 0 Å². The Labute approximate surface area is 470 Å². The lowest BCUT2D eigenvalue weighted by Crippen LogP contribution is -2.62. The molecule has 1 aromatic carbocycles. The highest BCUT2D eigenvalue weighted by atomic mass is 32.1. The number of carbonyl (C=O) groups is 4. The average Bonchev–Trinajstić information content (AvgIpc) is 4.54. The van der Waals surface area contributed by atoms with Gasteiger partial charge in [0.25, 0.3) is 5.91 Å². The van der Waals surface area contributed by atoms with Crippen LogP contribution >= 0.6 is 11.3 Å². The van der Waals surface area contributed by atoms with Crippen LogP contribution in [0.4, 0.5) is 0 Å². The summed E-state index contributed by atoms with van der Waals surface area (Å²) in [6, 6.07) is 5.92. The van der Waals surface area contributed by atoms with E-state index in [9.17, 15) is 9.59 Å². The number of methoxy groups -OCH3 is 1. The smallest absolute Gasteiger partial charge is 0.324 e. The lowest BCUT2D eigenvalue weighted by Gasteiger charge is -2.40. The van der Waals surface area contributed by atoms with Gasteiger partial charge in [-0.2, -0.15) is 0 Å². The number of aryl methyl sites for hydroxylation is 1. The molecule has 10 aliphatic rings. The normalized spacial score (nSPS) is 31.1. The van der Waals surface area contributed by atoms with Crippen molar-refractivity contribution >= 4 is 57.7 Å². The van der Waals surface area contributed by atoms with Gasteiger partial charge in [0.05, 0.1) is 40.8 Å². The summed E-state index contributed by atoms with van der Waals surface area (Å²) in [5, 5.41) is 12.4. The quantitative estimate of drug-likeness (QED) is 0.142. The lowest BCUT2D eigenvalue weighted by molar-refractivity contribution is -0.155. The van der Waals surface area contributed by atoms with E-state index in [4.69, 9.17) is 19.5 Å². The molecule has 7 aliphatic heterocycles. The topological polar surface area (TPSA) is 179 Å². The van der Waals surface area contributed by atoms with Gasteiger partial charge >= 0.3 is 5.97 Å². The van der Waals surface area contributed by atoms with Gasteiger partial charge in [-0.15, -0.1) is 11.3 Å². The number of nitrogens with one attached hydrogen (secondary N) is 3. The highest BCUT2D eigenvalue weighted by Crippen LogP contribution is 2.46. The first-order valence-corrected chi connectivity index (χ1v) is 31.4. The van der Waals surface area contributed by atoms with Crippen molar-refractivity contribution in [3.8, 4) is 11.3 Å². The summed E-state index contributed by atoms with van der Waals surface area (Å²) in [7, 11) is 1.77. The fourth-order valence-electron chi connectivity index (χ4n) is 15.2. The molecule has 1 spiro atoms. The maximum absolute atomic E-state index is 15.2. The third-order valence-corrected chi connectivity index (χ3v) is 21.0. The van der Waals surface area contributed by atoms with Crippen LogP contribution in [0.2, 0.25) is 0 Å². The molecule has 3 aromatic rings. The van der Waals surface area contributed by atoms with Gasteiger partial charge in [0, 0.05) is 135 Å². The number of hydrogen-bond donors (Lipinski definition) is 3. The van der Waals surface area contributed by atoms with Gasteiger partial charge in [0.1, 0.15) is 18.1 Å². The number of amides is 3. The van der Waals surface area contributed by atoms with Crippen LogP contribution in [0.3, 0.4) is 0 Å². The Balaban J connectivity index is 0.812. The number of fused-ring (bicyclic) bond motifs is 6. The molecule has 5 saturated heterocycles. The van der Waals surface area contributed by atoms with Gasteiger partial charge in [-0.25, -0.2) is 10.4 Å². The number of aromatic nitrogens is 2. The van der Waals surface area contributed by atoms with Gasteiger partial charge < -0.3 is 24.3 Å². The van der Waals surface area contributed by atoms with Gasteiger partial charge in [-0.05, 0) is 127 Å². The zero-order valence-corrected chi connectivity index (χ0v) is 48.3. The van der Waals surface area contributed by atoms with E-state index in [1.165, 1.54) is 53.9 Å². The molecule has 17 nitrogen and oxygen atoms in total. The van der Waals surface area contributed by atoms with Gasteiger partial charge in [0.15, 0.2) is 0 Å².